The summed E-state index contributed by atoms with van der Waals surface area (Å²) in [4.78, 5) is 0. The van der Waals surface area contributed by atoms with E-state index in [0.29, 0.717) is 5.92 Å². The van der Waals surface area contributed by atoms with Crippen molar-refractivity contribution in [2.24, 2.45) is 11.7 Å². The quantitative estimate of drug-likeness (QED) is 0.477. The lowest BCUT2D eigenvalue weighted by atomic mass is 9.96. The van der Waals surface area contributed by atoms with Gasteiger partial charge in [-0.1, -0.05) is 6.92 Å². The minimum atomic E-state index is -0.319. The molecule has 0 aliphatic carbocycles. The van der Waals surface area contributed by atoms with Crippen LogP contribution in [0.15, 0.2) is 0 Å². The fourth-order valence-electron chi connectivity index (χ4n) is 0.513. The smallest absolute Gasteiger partial charge is 0.118 e. The molecule has 7 heavy (non-hydrogen) atoms. The molecule has 2 unspecified atom stereocenters. The Hall–Kier alpha value is -0.0800. The largest absolute Gasteiger partial charge is 0.360 e. The minimum Gasteiger partial charge on any atom is -0.360 e. The van der Waals surface area contributed by atoms with E-state index >= 15 is 0 Å². The third kappa shape index (κ3) is 0.640. The van der Waals surface area contributed by atoms with Crippen LogP contribution in [0, 0.1) is 5.92 Å². The highest BCUT2D eigenvalue weighted by Crippen LogP contribution is 2.25. The van der Waals surface area contributed by atoms with E-state index in [-0.39, 0.29) is 5.72 Å². The Morgan fingerprint density at radius 1 is 1.86 bits per heavy atom. The number of nitrogens with two attached hydrogens (primary N) is 1. The first-order valence-corrected chi connectivity index (χ1v) is 2.56. The van der Waals surface area contributed by atoms with E-state index in [0.717, 1.165) is 6.61 Å². The van der Waals surface area contributed by atoms with Gasteiger partial charge in [0.15, 0.2) is 0 Å². The van der Waals surface area contributed by atoms with Gasteiger partial charge in [-0.05, 0) is 6.92 Å². The maximum absolute atomic E-state index is 5.54. The van der Waals surface area contributed by atoms with Crippen molar-refractivity contribution in [3.8, 4) is 0 Å². The van der Waals surface area contributed by atoms with E-state index in [1.165, 1.54) is 0 Å². The van der Waals surface area contributed by atoms with Gasteiger partial charge in [0, 0.05) is 5.92 Å². The highest BCUT2D eigenvalue weighted by Gasteiger charge is 2.36. The fourth-order valence-corrected chi connectivity index (χ4v) is 0.513. The zero-order valence-corrected chi connectivity index (χ0v) is 4.77. The van der Waals surface area contributed by atoms with Gasteiger partial charge in [-0.3, -0.25) is 0 Å². The van der Waals surface area contributed by atoms with Crippen LogP contribution in [0.3, 0.4) is 0 Å². The molecular weight excluding hydrogens is 90.1 g/mol. The van der Waals surface area contributed by atoms with E-state index in [1.807, 2.05) is 6.92 Å². The van der Waals surface area contributed by atoms with Crippen LogP contribution in [0.1, 0.15) is 13.8 Å². The van der Waals surface area contributed by atoms with Crippen LogP contribution in [0.5, 0.6) is 0 Å². The van der Waals surface area contributed by atoms with E-state index in [4.69, 9.17) is 10.5 Å². The summed E-state index contributed by atoms with van der Waals surface area (Å²) in [6.07, 6.45) is 0. The first-order valence-electron chi connectivity index (χ1n) is 2.56. The van der Waals surface area contributed by atoms with Crippen LogP contribution >= 0.6 is 0 Å². The summed E-state index contributed by atoms with van der Waals surface area (Å²) in [5.74, 6) is 0.535. The molecule has 0 radical (unpaired) electrons. The molecule has 1 aliphatic heterocycles. The number of hydrogen-bond acceptors (Lipinski definition) is 2. The molecule has 0 aromatic carbocycles. The predicted molar refractivity (Wildman–Crippen MR) is 27.7 cm³/mol. The molecule has 1 saturated heterocycles. The summed E-state index contributed by atoms with van der Waals surface area (Å²) in [6, 6.07) is 0. The maximum Gasteiger partial charge on any atom is 0.118 e. The molecule has 2 atom stereocenters. The summed E-state index contributed by atoms with van der Waals surface area (Å²) >= 11 is 0. The van der Waals surface area contributed by atoms with Gasteiger partial charge in [-0.25, -0.2) is 0 Å². The Morgan fingerprint density at radius 3 is 2.29 bits per heavy atom. The molecule has 1 fully saturated rings. The molecule has 1 aliphatic rings. The Bertz CT molecular complexity index is 80.1. The second kappa shape index (κ2) is 1.20. The molecule has 0 spiro atoms. The highest BCUT2D eigenvalue weighted by atomic mass is 16.5. The lowest BCUT2D eigenvalue weighted by Crippen LogP contribution is -2.56. The van der Waals surface area contributed by atoms with Crippen molar-refractivity contribution in [1.82, 2.24) is 0 Å². The molecule has 0 bridgehead atoms. The van der Waals surface area contributed by atoms with Gasteiger partial charge >= 0.3 is 0 Å². The number of rotatable bonds is 0. The lowest BCUT2D eigenvalue weighted by molar-refractivity contribution is -0.181. The maximum atomic E-state index is 5.54. The van der Waals surface area contributed by atoms with Crippen LogP contribution in [0.2, 0.25) is 0 Å². The Morgan fingerprint density at radius 2 is 2.29 bits per heavy atom. The van der Waals surface area contributed by atoms with Crippen molar-refractivity contribution in [3.05, 3.63) is 0 Å². The molecule has 42 valence electrons. The molecule has 1 rings (SSSR count). The van der Waals surface area contributed by atoms with Gasteiger partial charge in [0.05, 0.1) is 6.61 Å². The minimum absolute atomic E-state index is 0.319. The van der Waals surface area contributed by atoms with Crippen LogP contribution in [-0.2, 0) is 4.74 Å². The summed E-state index contributed by atoms with van der Waals surface area (Å²) in [5.41, 5.74) is 5.22. The van der Waals surface area contributed by atoms with E-state index in [1.54, 1.807) is 0 Å². The second-order valence-corrected chi connectivity index (χ2v) is 2.40. The topological polar surface area (TPSA) is 35.2 Å². The van der Waals surface area contributed by atoms with Crippen LogP contribution < -0.4 is 5.73 Å². The Labute approximate surface area is 43.6 Å². The van der Waals surface area contributed by atoms with Crippen molar-refractivity contribution >= 4 is 0 Å². The van der Waals surface area contributed by atoms with E-state index in [2.05, 4.69) is 6.92 Å². The van der Waals surface area contributed by atoms with Crippen molar-refractivity contribution in [2.45, 2.75) is 19.6 Å². The van der Waals surface area contributed by atoms with Crippen molar-refractivity contribution in [1.29, 1.82) is 0 Å². The van der Waals surface area contributed by atoms with Gasteiger partial charge in [0.25, 0.3) is 0 Å². The van der Waals surface area contributed by atoms with Gasteiger partial charge in [0.1, 0.15) is 5.72 Å². The average molecular weight is 101 g/mol. The summed E-state index contributed by atoms with van der Waals surface area (Å²) in [7, 11) is 0. The van der Waals surface area contributed by atoms with Gasteiger partial charge in [-0.15, -0.1) is 0 Å². The molecule has 0 aromatic heterocycles. The summed E-state index contributed by atoms with van der Waals surface area (Å²) < 4.78 is 5.01. The van der Waals surface area contributed by atoms with Crippen LogP contribution in [0.4, 0.5) is 0 Å². The first-order chi connectivity index (χ1) is 3.13. The molecule has 0 amide bonds. The molecule has 2 nitrogen and oxygen atoms in total. The average Bonchev–Trinajstić information content (AvgIpc) is 1.63. The van der Waals surface area contributed by atoms with E-state index < -0.39 is 0 Å². The summed E-state index contributed by atoms with van der Waals surface area (Å²) in [6.45, 7) is 4.82. The van der Waals surface area contributed by atoms with Crippen molar-refractivity contribution in [2.75, 3.05) is 6.61 Å². The van der Waals surface area contributed by atoms with Crippen molar-refractivity contribution < 1.29 is 4.74 Å². The standard InChI is InChI=1S/C5H11NO/c1-4-3-7-5(4,2)6/h4H,3,6H2,1-2H3. The van der Waals surface area contributed by atoms with E-state index in [9.17, 15) is 0 Å². The monoisotopic (exact) mass is 101 g/mol. The highest BCUT2D eigenvalue weighted by molar-refractivity contribution is 4.82. The first kappa shape index (κ1) is 5.06. The Kier molecular flexibility index (Phi) is 0.869. The molecular formula is C5H11NO. The number of ether oxygens (including phenoxy) is 1. The number of hydrogen-bond donors (Lipinski definition) is 1. The van der Waals surface area contributed by atoms with Gasteiger partial charge in [0.2, 0.25) is 0 Å². The molecule has 0 aromatic rings. The molecule has 2 N–H and O–H groups in total. The van der Waals surface area contributed by atoms with Crippen LogP contribution in [-0.4, -0.2) is 12.3 Å². The molecule has 0 saturated carbocycles. The van der Waals surface area contributed by atoms with Gasteiger partial charge in [-0.2, -0.15) is 0 Å². The second-order valence-electron chi connectivity index (χ2n) is 2.40. The molecule has 2 heteroatoms. The summed E-state index contributed by atoms with van der Waals surface area (Å²) in [5, 5.41) is 0. The third-order valence-electron chi connectivity index (χ3n) is 1.62. The SMILES string of the molecule is CC1COC1(C)N. The lowest BCUT2D eigenvalue weighted by Gasteiger charge is -2.41. The fraction of sp³-hybridized carbons (Fsp3) is 1.00. The van der Waals surface area contributed by atoms with Crippen LogP contribution in [0.25, 0.3) is 0 Å². The zero-order chi connectivity index (χ0) is 5.49. The normalized spacial score (nSPS) is 51.0. The van der Waals surface area contributed by atoms with Crippen molar-refractivity contribution in [3.63, 3.8) is 0 Å². The zero-order valence-electron chi connectivity index (χ0n) is 4.77. The Balaban J connectivity index is 2.43. The predicted octanol–water partition coefficient (Wildman–Crippen LogP) is 0.328. The third-order valence-corrected chi connectivity index (χ3v) is 1.62. The van der Waals surface area contributed by atoms with Gasteiger partial charge < -0.3 is 10.5 Å². The molecule has 1 heterocycles.